The fraction of sp³-hybridized carbons (Fsp3) is 0.857. The van der Waals surface area contributed by atoms with Gasteiger partial charge >= 0.3 is 6.03 Å². The Hall–Kier alpha value is -0.770. The second-order valence-corrected chi connectivity index (χ2v) is 2.41. The summed E-state index contributed by atoms with van der Waals surface area (Å²) >= 11 is 0. The minimum atomic E-state index is -0.142. The van der Waals surface area contributed by atoms with E-state index in [1.807, 2.05) is 13.8 Å². The molecule has 0 fully saturated rings. The fourth-order valence-electron chi connectivity index (χ4n) is 0.591. The quantitative estimate of drug-likeness (QED) is 0.542. The molecule has 11 heavy (non-hydrogen) atoms. The minimum absolute atomic E-state index is 0.0672. The Morgan fingerprint density at radius 3 is 2.55 bits per heavy atom. The third-order valence-corrected chi connectivity index (χ3v) is 1.39. The Kier molecular flexibility index (Phi) is 5.56. The highest BCUT2D eigenvalue weighted by Crippen LogP contribution is 1.81. The summed E-state index contributed by atoms with van der Waals surface area (Å²) in [7, 11) is 0. The van der Waals surface area contributed by atoms with Gasteiger partial charge in [-0.15, -0.1) is 0 Å². The van der Waals surface area contributed by atoms with E-state index in [9.17, 15) is 4.79 Å². The van der Waals surface area contributed by atoms with Crippen molar-refractivity contribution in [3.8, 4) is 0 Å². The average Bonchev–Trinajstić information content (AvgIpc) is 2.01. The van der Waals surface area contributed by atoms with Gasteiger partial charge in [-0.05, 0) is 13.3 Å². The van der Waals surface area contributed by atoms with Gasteiger partial charge in [-0.3, -0.25) is 0 Å². The number of amides is 2. The van der Waals surface area contributed by atoms with Crippen molar-refractivity contribution in [2.45, 2.75) is 26.3 Å². The molecule has 2 amide bonds. The maximum absolute atomic E-state index is 10.8. The molecular weight excluding hydrogens is 142 g/mol. The van der Waals surface area contributed by atoms with E-state index in [0.29, 0.717) is 13.1 Å². The van der Waals surface area contributed by atoms with E-state index in [2.05, 4.69) is 10.6 Å². The lowest BCUT2D eigenvalue weighted by molar-refractivity contribution is 0.240. The zero-order chi connectivity index (χ0) is 8.69. The molecule has 0 aliphatic carbocycles. The maximum Gasteiger partial charge on any atom is 0.314 e. The lowest BCUT2D eigenvalue weighted by Gasteiger charge is -2.09. The molecular formula is C7H17N3O. The number of carbonyl (C=O) groups is 1. The molecule has 0 heterocycles. The number of nitrogens with two attached hydrogens (primary N) is 1. The second kappa shape index (κ2) is 5.97. The first-order valence-corrected chi connectivity index (χ1v) is 3.98. The molecule has 0 rings (SSSR count). The van der Waals surface area contributed by atoms with Crippen molar-refractivity contribution in [2.24, 2.45) is 5.73 Å². The Morgan fingerprint density at radius 1 is 1.45 bits per heavy atom. The SMILES string of the molecule is CCNC(=O)NCC(N)CC. The molecule has 0 aliphatic rings. The van der Waals surface area contributed by atoms with Crippen LogP contribution in [0.3, 0.4) is 0 Å². The normalized spacial score (nSPS) is 12.3. The summed E-state index contributed by atoms with van der Waals surface area (Å²) in [4.78, 5) is 10.8. The van der Waals surface area contributed by atoms with Crippen LogP contribution < -0.4 is 16.4 Å². The molecule has 4 N–H and O–H groups in total. The molecule has 0 saturated carbocycles. The average molecular weight is 159 g/mol. The van der Waals surface area contributed by atoms with E-state index in [0.717, 1.165) is 6.42 Å². The molecule has 0 radical (unpaired) electrons. The van der Waals surface area contributed by atoms with Gasteiger partial charge in [0, 0.05) is 19.1 Å². The van der Waals surface area contributed by atoms with Crippen LogP contribution in [0.1, 0.15) is 20.3 Å². The van der Waals surface area contributed by atoms with E-state index in [1.54, 1.807) is 0 Å². The van der Waals surface area contributed by atoms with E-state index in [1.165, 1.54) is 0 Å². The van der Waals surface area contributed by atoms with Crippen LogP contribution in [0, 0.1) is 0 Å². The summed E-state index contributed by atoms with van der Waals surface area (Å²) in [6.45, 7) is 5.05. The number of nitrogens with one attached hydrogen (secondary N) is 2. The van der Waals surface area contributed by atoms with Crippen molar-refractivity contribution in [1.82, 2.24) is 10.6 Å². The van der Waals surface area contributed by atoms with Gasteiger partial charge in [0.05, 0.1) is 0 Å². The summed E-state index contributed by atoms with van der Waals surface area (Å²) in [5, 5.41) is 5.28. The molecule has 1 atom stereocenters. The first-order chi connectivity index (χ1) is 5.20. The van der Waals surface area contributed by atoms with E-state index >= 15 is 0 Å². The highest BCUT2D eigenvalue weighted by atomic mass is 16.2. The van der Waals surface area contributed by atoms with Crippen LogP contribution in [-0.2, 0) is 0 Å². The van der Waals surface area contributed by atoms with Crippen LogP contribution in [-0.4, -0.2) is 25.2 Å². The molecule has 66 valence electrons. The molecule has 0 spiro atoms. The molecule has 0 bridgehead atoms. The number of carbonyl (C=O) groups excluding carboxylic acids is 1. The monoisotopic (exact) mass is 159 g/mol. The lowest BCUT2D eigenvalue weighted by Crippen LogP contribution is -2.42. The van der Waals surface area contributed by atoms with Crippen LogP contribution in [0.25, 0.3) is 0 Å². The van der Waals surface area contributed by atoms with Crippen molar-refractivity contribution in [2.75, 3.05) is 13.1 Å². The topological polar surface area (TPSA) is 67.2 Å². The van der Waals surface area contributed by atoms with E-state index in [4.69, 9.17) is 5.73 Å². The van der Waals surface area contributed by atoms with E-state index < -0.39 is 0 Å². The predicted octanol–water partition coefficient (Wildman–Crippen LogP) is 0.0428. The van der Waals surface area contributed by atoms with Gasteiger partial charge in [0.2, 0.25) is 0 Å². The molecule has 1 unspecified atom stereocenters. The van der Waals surface area contributed by atoms with Crippen molar-refractivity contribution in [1.29, 1.82) is 0 Å². The Bertz CT molecular complexity index is 116. The summed E-state index contributed by atoms with van der Waals surface area (Å²) in [6.07, 6.45) is 0.881. The predicted molar refractivity (Wildman–Crippen MR) is 45.3 cm³/mol. The molecule has 0 aromatic heterocycles. The smallest absolute Gasteiger partial charge is 0.314 e. The van der Waals surface area contributed by atoms with Gasteiger partial charge in [0.1, 0.15) is 0 Å². The highest BCUT2D eigenvalue weighted by Gasteiger charge is 2.00. The maximum atomic E-state index is 10.8. The van der Waals surface area contributed by atoms with Crippen molar-refractivity contribution >= 4 is 6.03 Å². The second-order valence-electron chi connectivity index (χ2n) is 2.41. The fourth-order valence-corrected chi connectivity index (χ4v) is 0.591. The lowest BCUT2D eigenvalue weighted by atomic mass is 10.2. The van der Waals surface area contributed by atoms with Gasteiger partial charge in [-0.1, -0.05) is 6.92 Å². The highest BCUT2D eigenvalue weighted by molar-refractivity contribution is 5.73. The van der Waals surface area contributed by atoms with Gasteiger partial charge in [-0.2, -0.15) is 0 Å². The summed E-state index contributed by atoms with van der Waals surface area (Å²) < 4.78 is 0. The molecule has 0 aromatic carbocycles. The summed E-state index contributed by atoms with van der Waals surface area (Å²) in [5.74, 6) is 0. The standard InChI is InChI=1S/C7H17N3O/c1-3-6(8)5-10-7(11)9-4-2/h6H,3-5,8H2,1-2H3,(H2,9,10,11). The van der Waals surface area contributed by atoms with Crippen molar-refractivity contribution in [3.63, 3.8) is 0 Å². The Labute approximate surface area is 67.5 Å². The van der Waals surface area contributed by atoms with Gasteiger partial charge in [0.25, 0.3) is 0 Å². The van der Waals surface area contributed by atoms with Gasteiger partial charge in [0.15, 0.2) is 0 Å². The van der Waals surface area contributed by atoms with Gasteiger partial charge in [-0.25, -0.2) is 4.79 Å². The summed E-state index contributed by atoms with van der Waals surface area (Å²) in [6, 6.07) is -0.0750. The number of hydrogen-bond donors (Lipinski definition) is 3. The zero-order valence-corrected chi connectivity index (χ0v) is 7.18. The zero-order valence-electron chi connectivity index (χ0n) is 7.18. The number of rotatable bonds is 4. The Morgan fingerprint density at radius 2 is 2.09 bits per heavy atom. The largest absolute Gasteiger partial charge is 0.338 e. The van der Waals surface area contributed by atoms with Crippen LogP contribution >= 0.6 is 0 Å². The number of urea groups is 1. The van der Waals surface area contributed by atoms with Crippen molar-refractivity contribution < 1.29 is 4.79 Å². The third-order valence-electron chi connectivity index (χ3n) is 1.39. The minimum Gasteiger partial charge on any atom is -0.338 e. The molecule has 0 saturated heterocycles. The number of hydrogen-bond acceptors (Lipinski definition) is 2. The third kappa shape index (κ3) is 5.66. The molecule has 0 aromatic rings. The van der Waals surface area contributed by atoms with Crippen LogP contribution in [0.4, 0.5) is 4.79 Å². The van der Waals surface area contributed by atoms with Gasteiger partial charge < -0.3 is 16.4 Å². The summed E-state index contributed by atoms with van der Waals surface area (Å²) in [5.41, 5.74) is 5.57. The molecule has 0 aliphatic heterocycles. The molecule has 4 nitrogen and oxygen atoms in total. The van der Waals surface area contributed by atoms with Crippen molar-refractivity contribution in [3.05, 3.63) is 0 Å². The first-order valence-electron chi connectivity index (χ1n) is 3.98. The van der Waals surface area contributed by atoms with Crippen LogP contribution in [0.2, 0.25) is 0 Å². The van der Waals surface area contributed by atoms with Crippen LogP contribution in [0.5, 0.6) is 0 Å². The van der Waals surface area contributed by atoms with Crippen LogP contribution in [0.15, 0.2) is 0 Å². The Balaban J connectivity index is 3.30. The molecule has 4 heteroatoms. The first kappa shape index (κ1) is 10.2. The van der Waals surface area contributed by atoms with E-state index in [-0.39, 0.29) is 12.1 Å².